The summed E-state index contributed by atoms with van der Waals surface area (Å²) < 4.78 is 0. The number of hydrogen-bond acceptors (Lipinski definition) is 2. The molecule has 2 rings (SSSR count). The van der Waals surface area contributed by atoms with Gasteiger partial charge >= 0.3 is 0 Å². The molecule has 0 fully saturated rings. The van der Waals surface area contributed by atoms with Gasteiger partial charge in [-0.25, -0.2) is 0 Å². The Morgan fingerprint density at radius 2 is 1.60 bits per heavy atom. The average molecular weight is 309 g/mol. The van der Waals surface area contributed by atoms with Gasteiger partial charge in [-0.1, -0.05) is 60.5 Å². The van der Waals surface area contributed by atoms with Gasteiger partial charge in [-0.2, -0.15) is 0 Å². The molecule has 0 amide bonds. The normalized spacial score (nSPS) is 11.0. The topological polar surface area (TPSA) is 29.3 Å². The van der Waals surface area contributed by atoms with Crippen LogP contribution in [0.25, 0.3) is 0 Å². The van der Waals surface area contributed by atoms with E-state index in [-0.39, 0.29) is 0 Å². The Bertz CT molecular complexity index is 584. The van der Waals surface area contributed by atoms with E-state index in [0.717, 1.165) is 36.4 Å². The second-order valence-electron chi connectivity index (χ2n) is 4.72. The third-order valence-corrected chi connectivity index (χ3v) is 4.18. The first-order valence-electron chi connectivity index (χ1n) is 6.60. The van der Waals surface area contributed by atoms with Crippen LogP contribution in [0.2, 0.25) is 10.0 Å². The molecule has 0 saturated heterocycles. The number of nitrogens with zero attached hydrogens (tertiary/aromatic N) is 1. The first kappa shape index (κ1) is 15.2. The van der Waals surface area contributed by atoms with Crippen LogP contribution in [0.3, 0.4) is 0 Å². The summed E-state index contributed by atoms with van der Waals surface area (Å²) in [6.45, 7) is 4.59. The zero-order valence-corrected chi connectivity index (χ0v) is 13.0. The standard InChI is InChI=1S/C16H18Cl2N2/c1-2-20(10-12-6-3-4-9-15(12)19)11-13-7-5-8-14(17)16(13)18/h3-9H,2,10-11,19H2,1H3. The monoisotopic (exact) mass is 308 g/mol. The minimum atomic E-state index is 0.597. The van der Waals surface area contributed by atoms with Gasteiger partial charge in [0.1, 0.15) is 0 Å². The number of hydrogen-bond donors (Lipinski definition) is 1. The molecule has 0 spiro atoms. The molecule has 20 heavy (non-hydrogen) atoms. The van der Waals surface area contributed by atoms with Gasteiger partial charge in [0.15, 0.2) is 0 Å². The fourth-order valence-corrected chi connectivity index (χ4v) is 2.49. The van der Waals surface area contributed by atoms with Crippen LogP contribution in [0, 0.1) is 0 Å². The minimum absolute atomic E-state index is 0.597. The van der Waals surface area contributed by atoms with Crippen molar-refractivity contribution in [2.45, 2.75) is 20.0 Å². The van der Waals surface area contributed by atoms with Crippen LogP contribution in [0.15, 0.2) is 42.5 Å². The highest BCUT2D eigenvalue weighted by Gasteiger charge is 2.10. The second-order valence-corrected chi connectivity index (χ2v) is 5.50. The third-order valence-electron chi connectivity index (χ3n) is 3.32. The van der Waals surface area contributed by atoms with E-state index >= 15 is 0 Å². The predicted molar refractivity (Wildman–Crippen MR) is 87.1 cm³/mol. The lowest BCUT2D eigenvalue weighted by atomic mass is 10.1. The average Bonchev–Trinajstić information content (AvgIpc) is 2.45. The van der Waals surface area contributed by atoms with Crippen molar-refractivity contribution >= 4 is 28.9 Å². The highest BCUT2D eigenvalue weighted by atomic mass is 35.5. The summed E-state index contributed by atoms with van der Waals surface area (Å²) in [4.78, 5) is 2.28. The number of para-hydroxylation sites is 1. The van der Waals surface area contributed by atoms with Crippen molar-refractivity contribution in [2.75, 3.05) is 12.3 Å². The van der Waals surface area contributed by atoms with Gasteiger partial charge in [0.2, 0.25) is 0 Å². The van der Waals surface area contributed by atoms with Crippen LogP contribution in [-0.4, -0.2) is 11.4 Å². The van der Waals surface area contributed by atoms with Crippen LogP contribution in [-0.2, 0) is 13.1 Å². The molecule has 0 atom stereocenters. The Morgan fingerprint density at radius 3 is 2.30 bits per heavy atom. The molecule has 0 heterocycles. The van der Waals surface area contributed by atoms with E-state index in [0.29, 0.717) is 10.0 Å². The van der Waals surface area contributed by atoms with Gasteiger partial charge in [-0.05, 0) is 29.8 Å². The molecular formula is C16H18Cl2N2. The van der Waals surface area contributed by atoms with E-state index in [1.807, 2.05) is 30.3 Å². The zero-order valence-electron chi connectivity index (χ0n) is 11.4. The van der Waals surface area contributed by atoms with Crippen molar-refractivity contribution in [1.82, 2.24) is 4.90 Å². The van der Waals surface area contributed by atoms with Crippen molar-refractivity contribution in [3.63, 3.8) is 0 Å². The maximum Gasteiger partial charge on any atom is 0.0637 e. The molecule has 0 unspecified atom stereocenters. The molecule has 0 bridgehead atoms. The predicted octanol–water partition coefficient (Wildman–Crippen LogP) is 4.60. The van der Waals surface area contributed by atoms with Gasteiger partial charge < -0.3 is 5.73 Å². The van der Waals surface area contributed by atoms with E-state index in [4.69, 9.17) is 28.9 Å². The molecule has 0 aliphatic carbocycles. The second kappa shape index (κ2) is 6.98. The first-order chi connectivity index (χ1) is 9.61. The molecule has 0 radical (unpaired) electrons. The minimum Gasteiger partial charge on any atom is -0.398 e. The first-order valence-corrected chi connectivity index (χ1v) is 7.36. The number of benzene rings is 2. The van der Waals surface area contributed by atoms with Crippen molar-refractivity contribution < 1.29 is 0 Å². The third kappa shape index (κ3) is 3.66. The lowest BCUT2D eigenvalue weighted by Crippen LogP contribution is -2.23. The summed E-state index contributed by atoms with van der Waals surface area (Å²) in [6.07, 6.45) is 0. The molecular weight excluding hydrogens is 291 g/mol. The summed E-state index contributed by atoms with van der Waals surface area (Å²) in [7, 11) is 0. The van der Waals surface area contributed by atoms with Gasteiger partial charge in [-0.3, -0.25) is 4.90 Å². The molecule has 0 saturated carbocycles. The van der Waals surface area contributed by atoms with Crippen LogP contribution in [0.4, 0.5) is 5.69 Å². The Kier molecular flexibility index (Phi) is 5.30. The van der Waals surface area contributed by atoms with Crippen LogP contribution >= 0.6 is 23.2 Å². The van der Waals surface area contributed by atoms with Gasteiger partial charge in [0, 0.05) is 18.8 Å². The maximum absolute atomic E-state index is 6.25. The van der Waals surface area contributed by atoms with Crippen molar-refractivity contribution in [3.05, 3.63) is 63.6 Å². The Labute approximate surface area is 130 Å². The van der Waals surface area contributed by atoms with Gasteiger partial charge in [-0.15, -0.1) is 0 Å². The van der Waals surface area contributed by atoms with Crippen molar-refractivity contribution in [1.29, 1.82) is 0 Å². The molecule has 2 aromatic rings. The van der Waals surface area contributed by atoms with Crippen molar-refractivity contribution in [2.24, 2.45) is 0 Å². The molecule has 0 aromatic heterocycles. The van der Waals surface area contributed by atoms with E-state index < -0.39 is 0 Å². The molecule has 4 heteroatoms. The Balaban J connectivity index is 2.14. The smallest absolute Gasteiger partial charge is 0.0637 e. The van der Waals surface area contributed by atoms with Crippen LogP contribution in [0.1, 0.15) is 18.1 Å². The fourth-order valence-electron chi connectivity index (χ4n) is 2.11. The summed E-state index contributed by atoms with van der Waals surface area (Å²) >= 11 is 12.3. The van der Waals surface area contributed by atoms with Crippen LogP contribution in [0.5, 0.6) is 0 Å². The number of nitrogen functional groups attached to an aromatic ring is 1. The quantitative estimate of drug-likeness (QED) is 0.818. The zero-order chi connectivity index (χ0) is 14.5. The fraction of sp³-hybridized carbons (Fsp3) is 0.250. The SMILES string of the molecule is CCN(Cc1ccccc1N)Cc1cccc(Cl)c1Cl. The highest BCUT2D eigenvalue weighted by Crippen LogP contribution is 2.27. The summed E-state index contributed by atoms with van der Waals surface area (Å²) in [5.74, 6) is 0. The molecule has 2 aromatic carbocycles. The Hall–Kier alpha value is -1.22. The highest BCUT2D eigenvalue weighted by molar-refractivity contribution is 6.42. The van der Waals surface area contributed by atoms with Gasteiger partial charge in [0.05, 0.1) is 10.0 Å². The maximum atomic E-state index is 6.25. The molecule has 2 N–H and O–H groups in total. The van der Waals surface area contributed by atoms with Gasteiger partial charge in [0.25, 0.3) is 0 Å². The lowest BCUT2D eigenvalue weighted by Gasteiger charge is -2.22. The summed E-state index contributed by atoms with van der Waals surface area (Å²) in [6, 6.07) is 13.7. The lowest BCUT2D eigenvalue weighted by molar-refractivity contribution is 0.272. The largest absolute Gasteiger partial charge is 0.398 e. The molecule has 2 nitrogen and oxygen atoms in total. The number of rotatable bonds is 5. The van der Waals surface area contributed by atoms with Crippen LogP contribution < -0.4 is 5.73 Å². The number of anilines is 1. The van der Waals surface area contributed by atoms with E-state index in [9.17, 15) is 0 Å². The summed E-state index contributed by atoms with van der Waals surface area (Å²) in [5, 5.41) is 1.23. The van der Waals surface area contributed by atoms with E-state index in [1.54, 1.807) is 6.07 Å². The number of nitrogens with two attached hydrogens (primary N) is 1. The van der Waals surface area contributed by atoms with E-state index in [1.165, 1.54) is 0 Å². The van der Waals surface area contributed by atoms with Crippen molar-refractivity contribution in [3.8, 4) is 0 Å². The van der Waals surface area contributed by atoms with E-state index in [2.05, 4.69) is 17.9 Å². The molecule has 0 aliphatic rings. The Morgan fingerprint density at radius 1 is 0.950 bits per heavy atom. The molecule has 106 valence electrons. The summed E-state index contributed by atoms with van der Waals surface area (Å²) in [5.41, 5.74) is 8.99. The number of halogens is 2. The molecule has 0 aliphatic heterocycles.